The van der Waals surface area contributed by atoms with E-state index in [0.717, 1.165) is 22.5 Å². The molecular formula is C19H21N3O3. The van der Waals surface area contributed by atoms with Gasteiger partial charge in [0, 0.05) is 11.4 Å². The van der Waals surface area contributed by atoms with Crippen molar-refractivity contribution in [3.8, 4) is 5.88 Å². The molecule has 1 aromatic heterocycles. The average Bonchev–Trinajstić information content (AvgIpc) is 2.94. The SMILES string of the molecule is CCOc1nc(C)ccc1C(=O)N[C@H](C)c1ccc2c(c1)CC(=O)N2. The molecular weight excluding hydrogens is 318 g/mol. The smallest absolute Gasteiger partial charge is 0.257 e. The van der Waals surface area contributed by atoms with Crippen LogP contribution < -0.4 is 15.4 Å². The molecule has 0 spiro atoms. The van der Waals surface area contributed by atoms with E-state index in [1.165, 1.54) is 0 Å². The maximum Gasteiger partial charge on any atom is 0.257 e. The summed E-state index contributed by atoms with van der Waals surface area (Å²) in [6.07, 6.45) is 0.375. The van der Waals surface area contributed by atoms with E-state index in [4.69, 9.17) is 4.74 Å². The molecule has 1 atom stereocenters. The second kappa shape index (κ2) is 6.93. The van der Waals surface area contributed by atoms with Crippen molar-refractivity contribution in [2.75, 3.05) is 11.9 Å². The molecule has 2 heterocycles. The number of nitrogens with one attached hydrogen (secondary N) is 2. The quantitative estimate of drug-likeness (QED) is 0.878. The van der Waals surface area contributed by atoms with Gasteiger partial charge in [0.1, 0.15) is 5.56 Å². The first-order valence-corrected chi connectivity index (χ1v) is 8.32. The third-order valence-corrected chi connectivity index (χ3v) is 4.13. The minimum Gasteiger partial charge on any atom is -0.477 e. The third-order valence-electron chi connectivity index (χ3n) is 4.13. The number of rotatable bonds is 5. The highest BCUT2D eigenvalue weighted by Gasteiger charge is 2.21. The number of aromatic nitrogens is 1. The Labute approximate surface area is 146 Å². The van der Waals surface area contributed by atoms with E-state index in [2.05, 4.69) is 15.6 Å². The van der Waals surface area contributed by atoms with Crippen molar-refractivity contribution in [1.82, 2.24) is 10.3 Å². The van der Waals surface area contributed by atoms with Crippen molar-refractivity contribution in [3.05, 3.63) is 52.7 Å². The van der Waals surface area contributed by atoms with Crippen molar-refractivity contribution in [2.45, 2.75) is 33.2 Å². The van der Waals surface area contributed by atoms with Gasteiger partial charge in [-0.05, 0) is 50.1 Å². The molecule has 0 unspecified atom stereocenters. The van der Waals surface area contributed by atoms with Gasteiger partial charge < -0.3 is 15.4 Å². The molecule has 2 aromatic rings. The Balaban J connectivity index is 1.77. The fourth-order valence-electron chi connectivity index (χ4n) is 2.83. The number of nitrogens with zero attached hydrogens (tertiary/aromatic N) is 1. The zero-order valence-electron chi connectivity index (χ0n) is 14.6. The second-order valence-corrected chi connectivity index (χ2v) is 6.08. The van der Waals surface area contributed by atoms with Crippen LogP contribution in [0, 0.1) is 6.92 Å². The first-order chi connectivity index (χ1) is 12.0. The number of anilines is 1. The van der Waals surface area contributed by atoms with Crippen molar-refractivity contribution < 1.29 is 14.3 Å². The van der Waals surface area contributed by atoms with Crippen molar-refractivity contribution in [2.24, 2.45) is 0 Å². The zero-order valence-corrected chi connectivity index (χ0v) is 14.6. The highest BCUT2D eigenvalue weighted by Crippen LogP contribution is 2.27. The molecule has 6 nitrogen and oxygen atoms in total. The molecule has 1 aliphatic rings. The topological polar surface area (TPSA) is 80.3 Å². The number of aryl methyl sites for hydroxylation is 1. The van der Waals surface area contributed by atoms with Gasteiger partial charge in [-0.15, -0.1) is 0 Å². The van der Waals surface area contributed by atoms with Crippen LogP contribution in [-0.2, 0) is 11.2 Å². The number of carbonyl (C=O) groups excluding carboxylic acids is 2. The molecule has 1 aliphatic heterocycles. The van der Waals surface area contributed by atoms with Crippen LogP contribution in [0.5, 0.6) is 5.88 Å². The molecule has 25 heavy (non-hydrogen) atoms. The summed E-state index contributed by atoms with van der Waals surface area (Å²) in [7, 11) is 0. The van der Waals surface area contributed by atoms with Gasteiger partial charge in [-0.2, -0.15) is 0 Å². The van der Waals surface area contributed by atoms with Gasteiger partial charge >= 0.3 is 0 Å². The van der Waals surface area contributed by atoms with Gasteiger partial charge in [-0.3, -0.25) is 9.59 Å². The van der Waals surface area contributed by atoms with E-state index in [0.29, 0.717) is 24.5 Å². The number of benzene rings is 1. The molecule has 130 valence electrons. The van der Waals surface area contributed by atoms with Crippen molar-refractivity contribution in [1.29, 1.82) is 0 Å². The first kappa shape index (κ1) is 17.0. The monoisotopic (exact) mass is 339 g/mol. The lowest BCUT2D eigenvalue weighted by Gasteiger charge is -2.16. The normalized spacial score (nSPS) is 13.8. The first-order valence-electron chi connectivity index (χ1n) is 8.32. The van der Waals surface area contributed by atoms with Crippen molar-refractivity contribution >= 4 is 17.5 Å². The van der Waals surface area contributed by atoms with Crippen LogP contribution in [0.25, 0.3) is 0 Å². The van der Waals surface area contributed by atoms with E-state index >= 15 is 0 Å². The fourth-order valence-corrected chi connectivity index (χ4v) is 2.83. The van der Waals surface area contributed by atoms with Crippen LogP contribution >= 0.6 is 0 Å². The predicted molar refractivity (Wildman–Crippen MR) is 94.8 cm³/mol. The number of pyridine rings is 1. The number of fused-ring (bicyclic) bond motifs is 1. The fraction of sp³-hybridized carbons (Fsp3) is 0.316. The molecule has 0 bridgehead atoms. The van der Waals surface area contributed by atoms with Crippen LogP contribution in [-0.4, -0.2) is 23.4 Å². The van der Waals surface area contributed by atoms with E-state index in [9.17, 15) is 9.59 Å². The Morgan fingerprint density at radius 3 is 2.92 bits per heavy atom. The third kappa shape index (κ3) is 3.63. The largest absolute Gasteiger partial charge is 0.477 e. The van der Waals surface area contributed by atoms with Crippen LogP contribution in [0.15, 0.2) is 30.3 Å². The van der Waals surface area contributed by atoms with Crippen molar-refractivity contribution in [3.63, 3.8) is 0 Å². The predicted octanol–water partition coefficient (Wildman–Crippen LogP) is 2.77. The Bertz CT molecular complexity index is 833. The number of hydrogen-bond donors (Lipinski definition) is 2. The standard InChI is InChI=1S/C19H21N3O3/c1-4-25-19-15(7-5-11(2)20-19)18(24)21-12(3)13-6-8-16-14(9-13)10-17(23)22-16/h5-9,12H,4,10H2,1-3H3,(H,21,24)(H,22,23)/t12-/m1/s1. The molecule has 3 rings (SSSR count). The summed E-state index contributed by atoms with van der Waals surface area (Å²) in [5, 5.41) is 5.77. The highest BCUT2D eigenvalue weighted by atomic mass is 16.5. The number of carbonyl (C=O) groups is 2. The lowest BCUT2D eigenvalue weighted by molar-refractivity contribution is -0.115. The van der Waals surface area contributed by atoms with E-state index in [1.807, 2.05) is 39.0 Å². The summed E-state index contributed by atoms with van der Waals surface area (Å²) in [6, 6.07) is 9.04. The van der Waals surface area contributed by atoms with Crippen LogP contribution in [0.3, 0.4) is 0 Å². The number of amides is 2. The Kier molecular flexibility index (Phi) is 4.70. The zero-order chi connectivity index (χ0) is 18.0. The van der Waals surface area contributed by atoms with E-state index in [-0.39, 0.29) is 17.9 Å². The molecule has 2 N–H and O–H groups in total. The summed E-state index contributed by atoms with van der Waals surface area (Å²) >= 11 is 0. The second-order valence-electron chi connectivity index (χ2n) is 6.08. The molecule has 0 radical (unpaired) electrons. The summed E-state index contributed by atoms with van der Waals surface area (Å²) < 4.78 is 5.48. The van der Waals surface area contributed by atoms with Gasteiger partial charge in [0.05, 0.1) is 19.1 Å². The van der Waals surface area contributed by atoms with E-state index in [1.54, 1.807) is 12.1 Å². The Hall–Kier alpha value is -2.89. The highest BCUT2D eigenvalue weighted by molar-refractivity contribution is 5.99. The molecule has 6 heteroatoms. The molecule has 2 amide bonds. The van der Waals surface area contributed by atoms with Gasteiger partial charge in [-0.1, -0.05) is 12.1 Å². The summed E-state index contributed by atoms with van der Waals surface area (Å²) in [5.41, 5.74) is 3.95. The molecule has 0 aliphatic carbocycles. The minimum absolute atomic E-state index is 0.00377. The Morgan fingerprint density at radius 1 is 1.36 bits per heavy atom. The summed E-state index contributed by atoms with van der Waals surface area (Å²) in [4.78, 5) is 28.4. The number of ether oxygens (including phenoxy) is 1. The minimum atomic E-state index is -0.238. The molecule has 0 saturated carbocycles. The van der Waals surface area contributed by atoms with Gasteiger partial charge in [0.25, 0.3) is 5.91 Å². The molecule has 0 saturated heterocycles. The molecule has 1 aromatic carbocycles. The van der Waals surface area contributed by atoms with E-state index < -0.39 is 0 Å². The molecule has 0 fully saturated rings. The number of hydrogen-bond acceptors (Lipinski definition) is 4. The van der Waals surface area contributed by atoms with Gasteiger partial charge in [0.2, 0.25) is 11.8 Å². The summed E-state index contributed by atoms with van der Waals surface area (Å²) in [6.45, 7) is 6.06. The summed E-state index contributed by atoms with van der Waals surface area (Å²) in [5.74, 6) is 0.102. The lowest BCUT2D eigenvalue weighted by atomic mass is 10.0. The van der Waals surface area contributed by atoms with Crippen LogP contribution in [0.1, 0.15) is 47.1 Å². The average molecular weight is 339 g/mol. The Morgan fingerprint density at radius 2 is 2.16 bits per heavy atom. The van der Waals surface area contributed by atoms with Crippen LogP contribution in [0.4, 0.5) is 5.69 Å². The van der Waals surface area contributed by atoms with Gasteiger partial charge in [-0.25, -0.2) is 4.98 Å². The maximum atomic E-state index is 12.6. The van der Waals surface area contributed by atoms with Gasteiger partial charge in [0.15, 0.2) is 0 Å². The lowest BCUT2D eigenvalue weighted by Crippen LogP contribution is -2.27. The maximum absolute atomic E-state index is 12.6. The van der Waals surface area contributed by atoms with Crippen LogP contribution in [0.2, 0.25) is 0 Å².